The molecule has 3 atom stereocenters. The monoisotopic (exact) mass is 505 g/mol. The van der Waals surface area contributed by atoms with Gasteiger partial charge in [0, 0.05) is 17.4 Å². The molecule has 0 radical (unpaired) electrons. The normalized spacial score (nSPS) is 28.7. The summed E-state index contributed by atoms with van der Waals surface area (Å²) in [5, 5.41) is 0. The molecule has 0 amide bonds. The summed E-state index contributed by atoms with van der Waals surface area (Å²) < 4.78 is 80.8. The summed E-state index contributed by atoms with van der Waals surface area (Å²) in [6.45, 7) is -4.46. The molecule has 15 heteroatoms. The number of para-hydroxylation sites is 1. The van der Waals surface area contributed by atoms with Crippen molar-refractivity contribution < 1.29 is 35.9 Å². The van der Waals surface area contributed by atoms with Crippen LogP contribution in [0.2, 0.25) is 0 Å². The standard InChI is InChI=1S/C18H16F4N5O4PS/c19-15(20)17(7-29-32(33)28-5-10-3-1-2-4-11(10)31-32)6-18(21,22)16(30-17)27-9-26-12-13(23)24-8-25-14(12)27/h1-4,8-9,15-16H,5-7H2,(H2,23,24,25). The summed E-state index contributed by atoms with van der Waals surface area (Å²) in [5.74, 6) is -3.38. The first-order valence-corrected chi connectivity index (χ1v) is 12.1. The molecule has 4 heterocycles. The highest BCUT2D eigenvalue weighted by Crippen LogP contribution is 2.57. The summed E-state index contributed by atoms with van der Waals surface area (Å²) in [7, 11) is 0. The molecule has 33 heavy (non-hydrogen) atoms. The van der Waals surface area contributed by atoms with Gasteiger partial charge in [-0.05, 0) is 6.07 Å². The molecule has 0 aliphatic carbocycles. The highest BCUT2D eigenvalue weighted by molar-refractivity contribution is 8.07. The van der Waals surface area contributed by atoms with Gasteiger partial charge in [-0.25, -0.2) is 32.5 Å². The Labute approximate surface area is 189 Å². The van der Waals surface area contributed by atoms with Crippen LogP contribution >= 0.6 is 6.72 Å². The van der Waals surface area contributed by atoms with Gasteiger partial charge in [-0.2, -0.15) is 0 Å². The molecular weight excluding hydrogens is 489 g/mol. The van der Waals surface area contributed by atoms with E-state index in [1.54, 1.807) is 24.3 Å². The van der Waals surface area contributed by atoms with Gasteiger partial charge in [0.05, 0.1) is 26.0 Å². The number of nitrogen functional groups attached to an aromatic ring is 1. The first-order valence-electron chi connectivity index (χ1n) is 9.56. The van der Waals surface area contributed by atoms with Crippen LogP contribution in [0.1, 0.15) is 18.2 Å². The first kappa shape index (κ1) is 22.4. The number of ether oxygens (including phenoxy) is 1. The van der Waals surface area contributed by atoms with Crippen molar-refractivity contribution in [1.29, 1.82) is 0 Å². The highest BCUT2D eigenvalue weighted by atomic mass is 32.5. The van der Waals surface area contributed by atoms with Crippen LogP contribution in [0.3, 0.4) is 0 Å². The average Bonchev–Trinajstić information content (AvgIpc) is 3.32. The first-order chi connectivity index (χ1) is 15.6. The van der Waals surface area contributed by atoms with Crippen molar-refractivity contribution in [3.05, 3.63) is 42.5 Å². The number of benzene rings is 1. The van der Waals surface area contributed by atoms with E-state index in [1.165, 1.54) is 0 Å². The van der Waals surface area contributed by atoms with Crippen molar-refractivity contribution in [2.24, 2.45) is 0 Å². The number of halogens is 4. The minimum Gasteiger partial charge on any atom is -0.424 e. The van der Waals surface area contributed by atoms with Crippen LogP contribution in [0.15, 0.2) is 36.9 Å². The Kier molecular flexibility index (Phi) is 5.33. The summed E-state index contributed by atoms with van der Waals surface area (Å²) in [6.07, 6.45) is -4.77. The number of rotatable bonds is 5. The minimum absolute atomic E-state index is 0.0386. The molecule has 1 saturated heterocycles. The molecular formula is C18H16F4N5O4PS. The van der Waals surface area contributed by atoms with Crippen LogP contribution in [0, 0.1) is 0 Å². The van der Waals surface area contributed by atoms with Crippen LogP contribution in [0.25, 0.3) is 11.2 Å². The van der Waals surface area contributed by atoms with Gasteiger partial charge in [-0.3, -0.25) is 13.6 Å². The van der Waals surface area contributed by atoms with Crippen molar-refractivity contribution in [3.8, 4) is 5.75 Å². The van der Waals surface area contributed by atoms with Crippen LogP contribution in [0.5, 0.6) is 5.75 Å². The maximum atomic E-state index is 15.0. The molecule has 0 spiro atoms. The molecule has 2 aliphatic rings. The van der Waals surface area contributed by atoms with Crippen molar-refractivity contribution in [1.82, 2.24) is 19.5 Å². The number of hydrogen-bond donors (Lipinski definition) is 1. The molecule has 1 fully saturated rings. The maximum absolute atomic E-state index is 15.0. The Bertz CT molecular complexity index is 1260. The van der Waals surface area contributed by atoms with E-state index in [9.17, 15) is 17.6 Å². The van der Waals surface area contributed by atoms with Gasteiger partial charge in [-0.15, -0.1) is 0 Å². The van der Waals surface area contributed by atoms with Gasteiger partial charge < -0.3 is 15.0 Å². The predicted molar refractivity (Wildman–Crippen MR) is 110 cm³/mol. The highest BCUT2D eigenvalue weighted by Gasteiger charge is 2.63. The number of nitrogens with two attached hydrogens (primary N) is 1. The lowest BCUT2D eigenvalue weighted by atomic mass is 10.00. The lowest BCUT2D eigenvalue weighted by Crippen LogP contribution is -2.42. The van der Waals surface area contributed by atoms with E-state index in [2.05, 4.69) is 15.0 Å². The van der Waals surface area contributed by atoms with Crippen molar-refractivity contribution >= 4 is 35.5 Å². The number of alkyl halides is 4. The third-order valence-electron chi connectivity index (χ3n) is 5.31. The fraction of sp³-hybridized carbons (Fsp3) is 0.389. The van der Waals surface area contributed by atoms with Crippen LogP contribution in [-0.4, -0.2) is 44.1 Å². The third kappa shape index (κ3) is 3.85. The van der Waals surface area contributed by atoms with E-state index >= 15 is 0 Å². The molecule has 3 aromatic rings. The Morgan fingerprint density at radius 3 is 2.85 bits per heavy atom. The Hall–Kier alpha value is -2.38. The number of hydrogen-bond acceptors (Lipinski definition) is 9. The fourth-order valence-electron chi connectivity index (χ4n) is 3.67. The Morgan fingerprint density at radius 2 is 2.06 bits per heavy atom. The van der Waals surface area contributed by atoms with E-state index in [1.807, 2.05) is 0 Å². The van der Waals surface area contributed by atoms with E-state index < -0.39 is 43.9 Å². The number of anilines is 1. The summed E-state index contributed by atoms with van der Waals surface area (Å²) in [5.41, 5.74) is 3.66. The zero-order valence-corrected chi connectivity index (χ0v) is 18.3. The predicted octanol–water partition coefficient (Wildman–Crippen LogP) is 3.82. The van der Waals surface area contributed by atoms with E-state index in [4.69, 9.17) is 35.8 Å². The lowest BCUT2D eigenvalue weighted by molar-refractivity contribution is -0.179. The third-order valence-corrected chi connectivity index (χ3v) is 7.47. The summed E-state index contributed by atoms with van der Waals surface area (Å²) in [6, 6.07) is 6.83. The van der Waals surface area contributed by atoms with Gasteiger partial charge in [0.25, 0.3) is 12.3 Å². The van der Waals surface area contributed by atoms with Gasteiger partial charge >= 0.3 is 6.72 Å². The molecule has 2 aromatic heterocycles. The molecule has 1 aromatic carbocycles. The molecule has 2 N–H and O–H groups in total. The van der Waals surface area contributed by atoms with Crippen LogP contribution < -0.4 is 10.3 Å². The molecule has 0 saturated carbocycles. The quantitative estimate of drug-likeness (QED) is 0.409. The largest absolute Gasteiger partial charge is 0.424 e. The van der Waals surface area contributed by atoms with E-state index in [0.29, 0.717) is 11.3 Å². The lowest BCUT2D eigenvalue weighted by Gasteiger charge is -2.32. The Morgan fingerprint density at radius 1 is 1.27 bits per heavy atom. The topological polar surface area (TPSA) is 107 Å². The average molecular weight is 505 g/mol. The second-order valence-electron chi connectivity index (χ2n) is 7.55. The van der Waals surface area contributed by atoms with Crippen molar-refractivity contribution in [2.45, 2.75) is 37.2 Å². The molecule has 0 bridgehead atoms. The molecule has 3 unspecified atom stereocenters. The van der Waals surface area contributed by atoms with Gasteiger partial charge in [-0.1, -0.05) is 18.2 Å². The number of fused-ring (bicyclic) bond motifs is 2. The fourth-order valence-corrected chi connectivity index (χ4v) is 5.50. The number of aromatic nitrogens is 4. The van der Waals surface area contributed by atoms with Crippen LogP contribution in [0.4, 0.5) is 23.4 Å². The van der Waals surface area contributed by atoms with Gasteiger partial charge in [0.1, 0.15) is 17.6 Å². The summed E-state index contributed by atoms with van der Waals surface area (Å²) >= 11 is 5.25. The maximum Gasteiger partial charge on any atom is 0.381 e. The smallest absolute Gasteiger partial charge is 0.381 e. The Balaban J connectivity index is 1.41. The summed E-state index contributed by atoms with van der Waals surface area (Å²) in [4.78, 5) is 11.5. The zero-order chi connectivity index (χ0) is 23.4. The molecule has 2 aliphatic heterocycles. The van der Waals surface area contributed by atoms with E-state index in [-0.39, 0.29) is 23.6 Å². The molecule has 9 nitrogen and oxygen atoms in total. The van der Waals surface area contributed by atoms with E-state index in [0.717, 1.165) is 17.2 Å². The second-order valence-corrected chi connectivity index (χ2v) is 10.5. The molecule has 5 rings (SSSR count). The SMILES string of the molecule is Nc1ncnc2c1ncn2C1OC(COP2(=S)OCc3ccccc3O2)(C(F)F)CC1(F)F. The van der Waals surface area contributed by atoms with Gasteiger partial charge in [0.15, 0.2) is 17.1 Å². The zero-order valence-electron chi connectivity index (χ0n) is 16.6. The molecule has 176 valence electrons. The van der Waals surface area contributed by atoms with Gasteiger partial charge in [0.2, 0.25) is 6.23 Å². The van der Waals surface area contributed by atoms with Crippen molar-refractivity contribution in [3.63, 3.8) is 0 Å². The number of nitrogens with zero attached hydrogens (tertiary/aromatic N) is 4. The second kappa shape index (κ2) is 7.84. The van der Waals surface area contributed by atoms with Crippen molar-refractivity contribution in [2.75, 3.05) is 12.3 Å². The number of imidazole rings is 1. The van der Waals surface area contributed by atoms with Crippen LogP contribution in [-0.2, 0) is 32.2 Å². The minimum atomic E-state index is -3.72.